The molecule has 0 aliphatic carbocycles. The number of nitrogens with one attached hydrogen (secondary N) is 1. The molecule has 0 aromatic rings. The number of carbonyl (C=O) groups is 1. The molecule has 482 valence electrons. The van der Waals surface area contributed by atoms with Crippen LogP contribution in [0.3, 0.4) is 0 Å². The van der Waals surface area contributed by atoms with E-state index in [1.165, 1.54) is 0 Å². The smallest absolute Gasteiger partial charge is 0.220 e. The largest absolute Gasteiger partial charge is 0.394 e. The van der Waals surface area contributed by atoms with Crippen LogP contribution in [0.4, 0.5) is 0 Å². The highest BCUT2D eigenvalue weighted by Crippen LogP contribution is 2.33. The van der Waals surface area contributed by atoms with E-state index in [0.717, 1.165) is 109 Å². The average molecular weight is 1200 g/mol. The molecule has 12 N–H and O–H groups in total. The zero-order chi connectivity index (χ0) is 61.9. The van der Waals surface area contributed by atoms with Crippen molar-refractivity contribution in [3.05, 3.63) is 134 Å². The Morgan fingerprint density at radius 2 is 0.824 bits per heavy atom. The van der Waals surface area contributed by atoms with Crippen molar-refractivity contribution in [2.45, 2.75) is 247 Å². The van der Waals surface area contributed by atoms with E-state index in [1.54, 1.807) is 12.2 Å². The van der Waals surface area contributed by atoms with Crippen LogP contribution in [0, 0.1) is 0 Å². The quantitative estimate of drug-likeness (QED) is 0.0237. The molecule has 1 amide bonds. The summed E-state index contributed by atoms with van der Waals surface area (Å²) in [5, 5.41) is 120. The number of allylic oxidation sites excluding steroid dienone is 21. The number of carbonyl (C=O) groups excluding carboxylic acids is 1. The highest BCUT2D eigenvalue weighted by atomic mass is 16.8. The molecule has 3 saturated heterocycles. The minimum atomic E-state index is -1.99. The maximum absolute atomic E-state index is 13.3. The van der Waals surface area contributed by atoms with E-state index in [0.29, 0.717) is 12.8 Å². The monoisotopic (exact) mass is 1200 g/mol. The van der Waals surface area contributed by atoms with Crippen LogP contribution in [-0.4, -0.2) is 193 Å². The van der Waals surface area contributed by atoms with Gasteiger partial charge in [0.2, 0.25) is 5.91 Å². The molecule has 0 bridgehead atoms. The Bertz CT molecular complexity index is 2060. The summed E-state index contributed by atoms with van der Waals surface area (Å²) in [6.45, 7) is 1.43. The van der Waals surface area contributed by atoms with Gasteiger partial charge < -0.3 is 89.9 Å². The molecule has 0 spiro atoms. The molecule has 0 aromatic heterocycles. The van der Waals surface area contributed by atoms with Crippen LogP contribution in [-0.2, 0) is 33.2 Å². The first-order chi connectivity index (χ1) is 41.3. The Hall–Kier alpha value is -4.07. The Morgan fingerprint density at radius 3 is 1.29 bits per heavy atom. The van der Waals surface area contributed by atoms with E-state index in [2.05, 4.69) is 141 Å². The topological polar surface area (TPSA) is 307 Å². The van der Waals surface area contributed by atoms with E-state index < -0.39 is 131 Å². The van der Waals surface area contributed by atoms with Crippen molar-refractivity contribution in [3.63, 3.8) is 0 Å². The van der Waals surface area contributed by atoms with Crippen molar-refractivity contribution < 1.29 is 89.4 Å². The zero-order valence-corrected chi connectivity index (χ0v) is 50.3. The maximum Gasteiger partial charge on any atom is 0.220 e. The predicted molar refractivity (Wildman–Crippen MR) is 327 cm³/mol. The van der Waals surface area contributed by atoms with Gasteiger partial charge in [-0.15, -0.1) is 0 Å². The molecule has 19 nitrogen and oxygen atoms in total. The van der Waals surface area contributed by atoms with Crippen molar-refractivity contribution in [2.24, 2.45) is 0 Å². The van der Waals surface area contributed by atoms with Gasteiger partial charge >= 0.3 is 0 Å². The van der Waals surface area contributed by atoms with Crippen LogP contribution in [0.2, 0.25) is 0 Å². The fourth-order valence-corrected chi connectivity index (χ4v) is 9.36. The molecule has 3 heterocycles. The molecule has 0 saturated carbocycles. The van der Waals surface area contributed by atoms with Gasteiger partial charge in [-0.1, -0.05) is 167 Å². The van der Waals surface area contributed by atoms with E-state index in [4.69, 9.17) is 28.4 Å². The fourth-order valence-electron chi connectivity index (χ4n) is 9.36. The molecular weight excluding hydrogens is 1090 g/mol. The van der Waals surface area contributed by atoms with Crippen molar-refractivity contribution >= 4 is 5.91 Å². The zero-order valence-electron chi connectivity index (χ0n) is 50.3. The summed E-state index contributed by atoms with van der Waals surface area (Å²) in [5.74, 6) is -0.324. The Kier molecular flexibility index (Phi) is 41.6. The number of hydrogen-bond acceptors (Lipinski definition) is 18. The van der Waals surface area contributed by atoms with Gasteiger partial charge in [0.15, 0.2) is 18.9 Å². The van der Waals surface area contributed by atoms with Crippen LogP contribution in [0.25, 0.3) is 0 Å². The van der Waals surface area contributed by atoms with Gasteiger partial charge in [0.25, 0.3) is 0 Å². The maximum atomic E-state index is 13.3. The second-order valence-electron chi connectivity index (χ2n) is 21.4. The van der Waals surface area contributed by atoms with Gasteiger partial charge in [-0.25, -0.2) is 0 Å². The van der Waals surface area contributed by atoms with Crippen molar-refractivity contribution in [3.8, 4) is 0 Å². The average Bonchev–Trinajstić information content (AvgIpc) is 3.05. The van der Waals surface area contributed by atoms with Gasteiger partial charge in [-0.2, -0.15) is 0 Å². The van der Waals surface area contributed by atoms with E-state index in [-0.39, 0.29) is 12.3 Å². The molecule has 85 heavy (non-hydrogen) atoms. The lowest BCUT2D eigenvalue weighted by Gasteiger charge is -2.48. The molecular formula is C66H105NO18. The predicted octanol–water partition coefficient (Wildman–Crippen LogP) is 6.26. The van der Waals surface area contributed by atoms with Gasteiger partial charge in [0, 0.05) is 6.42 Å². The summed E-state index contributed by atoms with van der Waals surface area (Å²) in [5.41, 5.74) is 0. The lowest BCUT2D eigenvalue weighted by Crippen LogP contribution is -2.66. The number of rotatable bonds is 43. The molecule has 3 rings (SSSR count). The fraction of sp³-hybridized carbons (Fsp3) is 0.652. The first-order valence-electron chi connectivity index (χ1n) is 30.9. The first kappa shape index (κ1) is 75.2. The summed E-state index contributed by atoms with van der Waals surface area (Å²) < 4.78 is 34.1. The first-order valence-corrected chi connectivity index (χ1v) is 30.9. The van der Waals surface area contributed by atoms with Crippen molar-refractivity contribution in [1.82, 2.24) is 5.32 Å². The third-order valence-electron chi connectivity index (χ3n) is 14.4. The molecule has 3 aliphatic rings. The van der Waals surface area contributed by atoms with E-state index in [9.17, 15) is 61.0 Å². The second-order valence-corrected chi connectivity index (χ2v) is 21.4. The summed E-state index contributed by atoms with van der Waals surface area (Å²) in [7, 11) is 0. The van der Waals surface area contributed by atoms with Crippen LogP contribution in [0.5, 0.6) is 0 Å². The van der Waals surface area contributed by atoms with Gasteiger partial charge in [0.1, 0.15) is 73.2 Å². The highest BCUT2D eigenvalue weighted by Gasteiger charge is 2.53. The van der Waals surface area contributed by atoms with Crippen LogP contribution < -0.4 is 5.32 Å². The highest BCUT2D eigenvalue weighted by molar-refractivity contribution is 5.76. The summed E-state index contributed by atoms with van der Waals surface area (Å²) in [6, 6.07) is -1.02. The van der Waals surface area contributed by atoms with Crippen LogP contribution in [0.1, 0.15) is 142 Å². The second kappa shape index (κ2) is 47.0. The lowest BCUT2D eigenvalue weighted by atomic mass is 9.96. The molecule has 17 unspecified atom stereocenters. The Labute approximate surface area is 505 Å². The van der Waals surface area contributed by atoms with E-state index >= 15 is 0 Å². The molecule has 0 radical (unpaired) electrons. The number of amides is 1. The van der Waals surface area contributed by atoms with Crippen LogP contribution in [0.15, 0.2) is 134 Å². The van der Waals surface area contributed by atoms with Crippen molar-refractivity contribution in [2.75, 3.05) is 26.4 Å². The lowest BCUT2D eigenvalue weighted by molar-refractivity contribution is -0.379. The summed E-state index contributed by atoms with van der Waals surface area (Å²) in [6.07, 6.45) is 37.3. The SMILES string of the molecule is CC/C=C\C/C=C\C/C=C\C/C=C\C/C=C\C/C=C\C/C=C\C/C=C\CCCCCCC(=O)NC(COC1OC(CO)C(OC2OC(CO)C(OC3OC(CO)C(O)C(O)C3O)C(O)C2O)C(O)C1O)C(O)/C=C/CC/C=C/CC/C=C/CCC. The normalized spacial score (nSPS) is 29.9. The Morgan fingerprint density at radius 1 is 0.435 bits per heavy atom. The van der Waals surface area contributed by atoms with Crippen LogP contribution >= 0.6 is 0 Å². The minimum Gasteiger partial charge on any atom is -0.394 e. The molecule has 17 atom stereocenters. The summed E-state index contributed by atoms with van der Waals surface area (Å²) in [4.78, 5) is 13.3. The van der Waals surface area contributed by atoms with Crippen molar-refractivity contribution in [1.29, 1.82) is 0 Å². The number of ether oxygens (including phenoxy) is 6. The molecule has 19 heteroatoms. The van der Waals surface area contributed by atoms with E-state index in [1.807, 2.05) is 0 Å². The minimum absolute atomic E-state index is 0.192. The third kappa shape index (κ3) is 30.1. The number of unbranched alkanes of at least 4 members (excludes halogenated alkanes) is 7. The number of hydrogen-bond donors (Lipinski definition) is 12. The third-order valence-corrected chi connectivity index (χ3v) is 14.4. The number of aliphatic hydroxyl groups excluding tert-OH is 11. The molecule has 3 fully saturated rings. The Balaban J connectivity index is 1.45. The van der Waals surface area contributed by atoms with Gasteiger partial charge in [-0.05, 0) is 103 Å². The number of aliphatic hydroxyl groups is 11. The van der Waals surface area contributed by atoms with Gasteiger partial charge in [0.05, 0.1) is 38.6 Å². The van der Waals surface area contributed by atoms with Gasteiger partial charge in [-0.3, -0.25) is 4.79 Å². The standard InChI is InChI=1S/C66H105NO18/c1-3-5-7-9-11-13-15-16-17-18-19-20-21-22-23-24-25-26-27-28-29-30-31-32-34-36-38-40-42-44-54(72)67-49(50(71)43-41-39-37-35-33-14-12-10-8-6-4-2)48-80-64-60(78)57(75)62(52(46-69)82-64)85-66-61(79)58(76)63(53(47-70)83-66)84-65-59(77)56(74)55(73)51(45-68)81-65/h5,7-8,10-11,13,16-17,19-20,22-23,25-26,28-29,31-33,35,41,43,49-53,55-66,68-71,73-79H,3-4,6,9,12,14-15,18,21,24,27,30,34,36-40,42,44-48H2,1-2H3,(H,67,72)/b7-5-,10-8+,13-11-,17-16-,20-19-,23-22-,26-25-,29-28-,32-31-,35-33+,43-41+. The molecule has 0 aromatic carbocycles. The molecule has 3 aliphatic heterocycles. The summed E-state index contributed by atoms with van der Waals surface area (Å²) >= 11 is 0.